The maximum Gasteiger partial charge on any atom is 0.307 e. The number of aliphatic carboxylic acids is 1. The molecule has 1 aliphatic carbocycles. The Balaban J connectivity index is 1.70. The Hall–Kier alpha value is -1.51. The van der Waals surface area contributed by atoms with Crippen LogP contribution in [0, 0.1) is 5.92 Å². The molecule has 1 aliphatic heterocycles. The molecular weight excluding hydrogens is 214 g/mol. The van der Waals surface area contributed by atoms with Crippen molar-refractivity contribution in [3.63, 3.8) is 0 Å². The van der Waals surface area contributed by atoms with Crippen molar-refractivity contribution in [2.24, 2.45) is 5.92 Å². The van der Waals surface area contributed by atoms with Crippen molar-refractivity contribution in [1.82, 2.24) is 0 Å². The van der Waals surface area contributed by atoms with E-state index in [0.717, 1.165) is 19.5 Å². The van der Waals surface area contributed by atoms with Crippen LogP contribution < -0.4 is 4.90 Å². The average molecular weight is 231 g/mol. The van der Waals surface area contributed by atoms with Gasteiger partial charge in [0.25, 0.3) is 0 Å². The summed E-state index contributed by atoms with van der Waals surface area (Å²) < 4.78 is 0. The zero-order chi connectivity index (χ0) is 11.8. The predicted molar refractivity (Wildman–Crippen MR) is 66.4 cm³/mol. The molecule has 1 saturated carbocycles. The Morgan fingerprint density at radius 3 is 2.35 bits per heavy atom. The number of hydrogen-bond acceptors (Lipinski definition) is 2. The van der Waals surface area contributed by atoms with Crippen LogP contribution >= 0.6 is 0 Å². The monoisotopic (exact) mass is 231 g/mol. The molecule has 3 heteroatoms. The van der Waals surface area contributed by atoms with E-state index in [1.807, 2.05) is 0 Å². The second-order valence-corrected chi connectivity index (χ2v) is 5.07. The Labute approximate surface area is 101 Å². The second-order valence-electron chi connectivity index (χ2n) is 5.07. The molecule has 0 aromatic heterocycles. The summed E-state index contributed by atoms with van der Waals surface area (Å²) in [7, 11) is 0. The number of carbonyl (C=O) groups is 1. The lowest BCUT2D eigenvalue weighted by molar-refractivity contribution is -0.138. The minimum absolute atomic E-state index is 0.146. The van der Waals surface area contributed by atoms with E-state index in [4.69, 9.17) is 5.11 Å². The van der Waals surface area contributed by atoms with Crippen LogP contribution in [0.15, 0.2) is 24.3 Å². The van der Waals surface area contributed by atoms with Gasteiger partial charge in [-0.05, 0) is 42.9 Å². The first-order valence-corrected chi connectivity index (χ1v) is 6.33. The van der Waals surface area contributed by atoms with Gasteiger partial charge in [0.1, 0.15) is 0 Å². The molecule has 2 unspecified atom stereocenters. The molecule has 0 spiro atoms. The number of anilines is 1. The lowest BCUT2D eigenvalue weighted by Gasteiger charge is -2.17. The Morgan fingerprint density at radius 2 is 1.82 bits per heavy atom. The van der Waals surface area contributed by atoms with Crippen LogP contribution in [0.25, 0.3) is 0 Å². The van der Waals surface area contributed by atoms with Gasteiger partial charge in [-0.1, -0.05) is 12.1 Å². The summed E-state index contributed by atoms with van der Waals surface area (Å²) in [5.41, 5.74) is 2.46. The number of rotatable bonds is 3. The van der Waals surface area contributed by atoms with Crippen LogP contribution in [-0.4, -0.2) is 24.2 Å². The molecule has 90 valence electrons. The molecule has 1 N–H and O–H groups in total. The normalized spacial score (nSPS) is 27.2. The van der Waals surface area contributed by atoms with Crippen molar-refractivity contribution in [2.45, 2.75) is 25.2 Å². The third-order valence-corrected chi connectivity index (χ3v) is 3.90. The zero-order valence-corrected chi connectivity index (χ0v) is 9.80. The van der Waals surface area contributed by atoms with Crippen molar-refractivity contribution >= 4 is 11.7 Å². The third kappa shape index (κ3) is 2.02. The summed E-state index contributed by atoms with van der Waals surface area (Å²) in [5, 5.41) is 8.90. The quantitative estimate of drug-likeness (QED) is 0.868. The molecule has 0 bridgehead atoms. The standard InChI is InChI=1S/C14H17NO2/c16-14(17)13-9-12(13)10-3-5-11(6-4-10)15-7-1-2-8-15/h3-6,12-13H,1-2,7-9H2,(H,16,17). The van der Waals surface area contributed by atoms with Gasteiger partial charge in [-0.2, -0.15) is 0 Å². The number of nitrogens with zero attached hydrogens (tertiary/aromatic N) is 1. The molecule has 2 aliphatic rings. The fraction of sp³-hybridized carbons (Fsp3) is 0.500. The zero-order valence-electron chi connectivity index (χ0n) is 9.80. The molecule has 1 saturated heterocycles. The van der Waals surface area contributed by atoms with Crippen molar-refractivity contribution in [3.05, 3.63) is 29.8 Å². The molecular formula is C14H17NO2. The van der Waals surface area contributed by atoms with Crippen molar-refractivity contribution in [1.29, 1.82) is 0 Å². The molecule has 17 heavy (non-hydrogen) atoms. The molecule has 1 aromatic rings. The molecule has 0 amide bonds. The highest BCUT2D eigenvalue weighted by molar-refractivity contribution is 5.75. The van der Waals surface area contributed by atoms with E-state index >= 15 is 0 Å². The number of carboxylic acid groups (broad SMARTS) is 1. The van der Waals surface area contributed by atoms with E-state index < -0.39 is 5.97 Å². The van der Waals surface area contributed by atoms with Gasteiger partial charge in [0, 0.05) is 18.8 Å². The van der Waals surface area contributed by atoms with E-state index in [0.29, 0.717) is 0 Å². The van der Waals surface area contributed by atoms with Crippen molar-refractivity contribution in [2.75, 3.05) is 18.0 Å². The lowest BCUT2D eigenvalue weighted by atomic mass is 10.1. The second kappa shape index (κ2) is 4.06. The van der Waals surface area contributed by atoms with Gasteiger partial charge < -0.3 is 10.0 Å². The van der Waals surface area contributed by atoms with Crippen LogP contribution in [-0.2, 0) is 4.79 Å². The van der Waals surface area contributed by atoms with Gasteiger partial charge in [0.15, 0.2) is 0 Å². The fourth-order valence-corrected chi connectivity index (χ4v) is 2.74. The van der Waals surface area contributed by atoms with E-state index in [1.54, 1.807) is 0 Å². The first kappa shape index (κ1) is 10.6. The number of benzene rings is 1. The minimum Gasteiger partial charge on any atom is -0.481 e. The Bertz CT molecular complexity index is 420. The minimum atomic E-state index is -0.654. The maximum atomic E-state index is 10.8. The fourth-order valence-electron chi connectivity index (χ4n) is 2.74. The first-order chi connectivity index (χ1) is 8.25. The molecule has 2 fully saturated rings. The summed E-state index contributed by atoms with van der Waals surface area (Å²) in [6.07, 6.45) is 3.37. The molecule has 1 aromatic carbocycles. The van der Waals surface area contributed by atoms with Gasteiger partial charge >= 0.3 is 5.97 Å². The predicted octanol–water partition coefficient (Wildman–Crippen LogP) is 2.47. The average Bonchev–Trinajstić information content (AvgIpc) is 2.97. The molecule has 3 nitrogen and oxygen atoms in total. The van der Waals surface area contributed by atoms with Crippen LogP contribution in [0.3, 0.4) is 0 Å². The van der Waals surface area contributed by atoms with Crippen LogP contribution in [0.2, 0.25) is 0 Å². The topological polar surface area (TPSA) is 40.5 Å². The highest BCUT2D eigenvalue weighted by atomic mass is 16.4. The van der Waals surface area contributed by atoms with Gasteiger partial charge in [-0.3, -0.25) is 4.79 Å². The van der Waals surface area contributed by atoms with Gasteiger partial charge in [-0.25, -0.2) is 0 Å². The van der Waals surface area contributed by atoms with E-state index in [2.05, 4.69) is 29.2 Å². The van der Waals surface area contributed by atoms with Crippen LogP contribution in [0.4, 0.5) is 5.69 Å². The molecule has 3 rings (SSSR count). The first-order valence-electron chi connectivity index (χ1n) is 6.33. The van der Waals surface area contributed by atoms with E-state index in [1.165, 1.54) is 24.1 Å². The molecule has 1 heterocycles. The van der Waals surface area contributed by atoms with Gasteiger partial charge in [0.05, 0.1) is 5.92 Å². The third-order valence-electron chi connectivity index (χ3n) is 3.90. The summed E-state index contributed by atoms with van der Waals surface area (Å²) in [5.74, 6) is -0.550. The maximum absolute atomic E-state index is 10.8. The SMILES string of the molecule is O=C(O)C1CC1c1ccc(N2CCCC2)cc1. The van der Waals surface area contributed by atoms with Crippen molar-refractivity contribution < 1.29 is 9.90 Å². The van der Waals surface area contributed by atoms with Gasteiger partial charge in [0.2, 0.25) is 0 Å². The summed E-state index contributed by atoms with van der Waals surface area (Å²) in [4.78, 5) is 13.2. The van der Waals surface area contributed by atoms with Crippen LogP contribution in [0.5, 0.6) is 0 Å². The van der Waals surface area contributed by atoms with Gasteiger partial charge in [-0.15, -0.1) is 0 Å². The molecule has 0 radical (unpaired) electrons. The summed E-state index contributed by atoms with van der Waals surface area (Å²) in [6, 6.07) is 8.47. The number of carboxylic acids is 1. The summed E-state index contributed by atoms with van der Waals surface area (Å²) in [6.45, 7) is 2.31. The van der Waals surface area contributed by atoms with E-state index in [-0.39, 0.29) is 11.8 Å². The lowest BCUT2D eigenvalue weighted by Crippen LogP contribution is -2.17. The highest BCUT2D eigenvalue weighted by Crippen LogP contribution is 2.47. The molecule has 2 atom stereocenters. The Morgan fingerprint density at radius 1 is 1.18 bits per heavy atom. The van der Waals surface area contributed by atoms with E-state index in [9.17, 15) is 4.79 Å². The largest absolute Gasteiger partial charge is 0.481 e. The summed E-state index contributed by atoms with van der Waals surface area (Å²) >= 11 is 0. The van der Waals surface area contributed by atoms with Crippen molar-refractivity contribution in [3.8, 4) is 0 Å². The van der Waals surface area contributed by atoms with Crippen LogP contribution in [0.1, 0.15) is 30.7 Å². The Kier molecular flexibility index (Phi) is 2.54. The highest BCUT2D eigenvalue weighted by Gasteiger charge is 2.44. The smallest absolute Gasteiger partial charge is 0.307 e. The number of hydrogen-bond donors (Lipinski definition) is 1.